The molecule has 0 aliphatic carbocycles. The van der Waals surface area contributed by atoms with Crippen molar-refractivity contribution in [2.75, 3.05) is 7.11 Å². The predicted molar refractivity (Wildman–Crippen MR) is 89.8 cm³/mol. The summed E-state index contributed by atoms with van der Waals surface area (Å²) in [6.45, 7) is 3.88. The van der Waals surface area contributed by atoms with Crippen molar-refractivity contribution in [1.29, 1.82) is 0 Å². The molecule has 0 spiro atoms. The monoisotopic (exact) mass is 309 g/mol. The number of hydrogen-bond donors (Lipinski definition) is 1. The van der Waals surface area contributed by atoms with E-state index in [1.165, 1.54) is 0 Å². The third kappa shape index (κ3) is 3.18. The number of amides is 1. The zero-order chi connectivity index (χ0) is 16.4. The van der Waals surface area contributed by atoms with E-state index in [0.29, 0.717) is 5.56 Å². The largest absolute Gasteiger partial charge is 0.497 e. The van der Waals surface area contributed by atoms with Gasteiger partial charge in [0.05, 0.1) is 18.4 Å². The zero-order valence-corrected chi connectivity index (χ0v) is 13.4. The molecule has 0 unspecified atom stereocenters. The summed E-state index contributed by atoms with van der Waals surface area (Å²) in [7, 11) is 1.64. The molecule has 3 rings (SSSR count). The zero-order valence-electron chi connectivity index (χ0n) is 13.4. The Morgan fingerprint density at radius 3 is 2.78 bits per heavy atom. The van der Waals surface area contributed by atoms with Crippen molar-refractivity contribution >= 4 is 11.6 Å². The molecule has 1 aromatic carbocycles. The fourth-order valence-corrected chi connectivity index (χ4v) is 2.39. The Hall–Kier alpha value is -2.82. The number of benzene rings is 1. The second-order valence-electron chi connectivity index (χ2n) is 5.67. The van der Waals surface area contributed by atoms with E-state index in [-0.39, 0.29) is 11.9 Å². The van der Waals surface area contributed by atoms with Gasteiger partial charge in [-0.1, -0.05) is 12.1 Å². The van der Waals surface area contributed by atoms with Crippen LogP contribution in [0.1, 0.15) is 24.2 Å². The molecule has 2 aromatic heterocycles. The van der Waals surface area contributed by atoms with Gasteiger partial charge in [-0.3, -0.25) is 4.79 Å². The van der Waals surface area contributed by atoms with E-state index in [4.69, 9.17) is 4.74 Å². The Balaban J connectivity index is 1.97. The molecule has 1 amide bonds. The molecule has 0 aliphatic rings. The summed E-state index contributed by atoms with van der Waals surface area (Å²) in [4.78, 5) is 16.7. The van der Waals surface area contributed by atoms with Gasteiger partial charge in [-0.2, -0.15) is 0 Å². The van der Waals surface area contributed by atoms with Crippen LogP contribution in [0, 0.1) is 0 Å². The maximum Gasteiger partial charge on any atom is 0.252 e. The quantitative estimate of drug-likeness (QED) is 0.805. The minimum Gasteiger partial charge on any atom is -0.497 e. The van der Waals surface area contributed by atoms with E-state index < -0.39 is 0 Å². The fourth-order valence-electron chi connectivity index (χ4n) is 2.39. The van der Waals surface area contributed by atoms with Crippen LogP contribution in [0.4, 0.5) is 0 Å². The lowest BCUT2D eigenvalue weighted by Crippen LogP contribution is -2.30. The van der Waals surface area contributed by atoms with Gasteiger partial charge in [0, 0.05) is 24.0 Å². The van der Waals surface area contributed by atoms with Crippen molar-refractivity contribution in [3.05, 3.63) is 54.4 Å². The number of aromatic nitrogens is 2. The van der Waals surface area contributed by atoms with Crippen molar-refractivity contribution in [3.8, 4) is 17.0 Å². The number of methoxy groups -OCH3 is 1. The second kappa shape index (κ2) is 6.12. The average Bonchev–Trinajstić information content (AvgIpc) is 2.97. The molecule has 1 N–H and O–H groups in total. The minimum atomic E-state index is -0.0847. The van der Waals surface area contributed by atoms with Crippen LogP contribution in [0.15, 0.2) is 48.8 Å². The third-order valence-corrected chi connectivity index (χ3v) is 3.50. The summed E-state index contributed by atoms with van der Waals surface area (Å²) >= 11 is 0. The number of fused-ring (bicyclic) bond motifs is 1. The molecule has 0 saturated carbocycles. The molecule has 0 aliphatic heterocycles. The van der Waals surface area contributed by atoms with E-state index in [2.05, 4.69) is 10.3 Å². The van der Waals surface area contributed by atoms with Gasteiger partial charge in [-0.25, -0.2) is 4.98 Å². The summed E-state index contributed by atoms with van der Waals surface area (Å²) in [5, 5.41) is 2.89. The summed E-state index contributed by atoms with van der Waals surface area (Å²) < 4.78 is 7.12. The Labute approximate surface area is 134 Å². The number of rotatable bonds is 4. The minimum absolute atomic E-state index is 0.0847. The molecule has 0 atom stereocenters. The van der Waals surface area contributed by atoms with Crippen LogP contribution >= 0.6 is 0 Å². The summed E-state index contributed by atoms with van der Waals surface area (Å²) in [5.74, 6) is 0.704. The molecule has 3 aromatic rings. The molecule has 0 bridgehead atoms. The first kappa shape index (κ1) is 15.1. The van der Waals surface area contributed by atoms with Crippen molar-refractivity contribution in [2.45, 2.75) is 19.9 Å². The lowest BCUT2D eigenvalue weighted by Gasteiger charge is -2.08. The van der Waals surface area contributed by atoms with Crippen molar-refractivity contribution < 1.29 is 9.53 Å². The Bertz CT molecular complexity index is 852. The lowest BCUT2D eigenvalue weighted by molar-refractivity contribution is 0.0942. The SMILES string of the molecule is COc1cccc(-c2cn3cc(C(=O)NC(C)C)ccc3n2)c1. The number of carbonyl (C=O) groups excluding carboxylic acids is 1. The van der Waals surface area contributed by atoms with Crippen molar-refractivity contribution in [3.63, 3.8) is 0 Å². The number of hydrogen-bond acceptors (Lipinski definition) is 3. The van der Waals surface area contributed by atoms with Gasteiger partial charge in [0.25, 0.3) is 5.91 Å². The van der Waals surface area contributed by atoms with Crippen LogP contribution in [-0.4, -0.2) is 28.4 Å². The van der Waals surface area contributed by atoms with Gasteiger partial charge >= 0.3 is 0 Å². The highest BCUT2D eigenvalue weighted by Crippen LogP contribution is 2.23. The fraction of sp³-hybridized carbons (Fsp3) is 0.222. The maximum absolute atomic E-state index is 12.1. The maximum atomic E-state index is 12.1. The van der Waals surface area contributed by atoms with E-state index in [1.54, 1.807) is 19.4 Å². The van der Waals surface area contributed by atoms with Crippen LogP contribution in [0.2, 0.25) is 0 Å². The first-order chi connectivity index (χ1) is 11.1. The molecule has 0 fully saturated rings. The van der Waals surface area contributed by atoms with E-state index in [9.17, 15) is 4.79 Å². The molecule has 2 heterocycles. The average molecular weight is 309 g/mol. The number of imidazole rings is 1. The normalized spacial score (nSPS) is 11.0. The summed E-state index contributed by atoms with van der Waals surface area (Å²) in [6, 6.07) is 11.5. The van der Waals surface area contributed by atoms with Gasteiger partial charge in [-0.15, -0.1) is 0 Å². The van der Waals surface area contributed by atoms with Crippen LogP contribution < -0.4 is 10.1 Å². The highest BCUT2D eigenvalue weighted by molar-refractivity contribution is 5.94. The lowest BCUT2D eigenvalue weighted by atomic mass is 10.1. The first-order valence-electron chi connectivity index (χ1n) is 7.51. The molecule has 23 heavy (non-hydrogen) atoms. The topological polar surface area (TPSA) is 55.6 Å². The molecule has 5 heteroatoms. The number of nitrogens with one attached hydrogen (secondary N) is 1. The van der Waals surface area contributed by atoms with Gasteiger partial charge in [0.1, 0.15) is 11.4 Å². The smallest absolute Gasteiger partial charge is 0.252 e. The van der Waals surface area contributed by atoms with Crippen LogP contribution in [0.25, 0.3) is 16.9 Å². The molecular weight excluding hydrogens is 290 g/mol. The standard InChI is InChI=1S/C18H19N3O2/c1-12(2)19-18(22)14-7-8-17-20-16(11-21(17)10-14)13-5-4-6-15(9-13)23-3/h4-12H,1-3H3,(H,19,22). The summed E-state index contributed by atoms with van der Waals surface area (Å²) in [5.41, 5.74) is 3.22. The van der Waals surface area contributed by atoms with Gasteiger partial charge in [0.2, 0.25) is 0 Å². The van der Waals surface area contributed by atoms with Gasteiger partial charge < -0.3 is 14.5 Å². The highest BCUT2D eigenvalue weighted by Gasteiger charge is 2.10. The second-order valence-corrected chi connectivity index (χ2v) is 5.67. The Morgan fingerprint density at radius 2 is 2.04 bits per heavy atom. The molecule has 5 nitrogen and oxygen atoms in total. The molecular formula is C18H19N3O2. The first-order valence-corrected chi connectivity index (χ1v) is 7.51. The summed E-state index contributed by atoms with van der Waals surface area (Å²) in [6.07, 6.45) is 3.71. The number of carbonyl (C=O) groups is 1. The molecule has 0 radical (unpaired) electrons. The highest BCUT2D eigenvalue weighted by atomic mass is 16.5. The predicted octanol–water partition coefficient (Wildman–Crippen LogP) is 3.15. The third-order valence-electron chi connectivity index (χ3n) is 3.50. The van der Waals surface area contributed by atoms with E-state index in [0.717, 1.165) is 22.7 Å². The van der Waals surface area contributed by atoms with Crippen LogP contribution in [0.5, 0.6) is 5.75 Å². The number of ether oxygens (including phenoxy) is 1. The Morgan fingerprint density at radius 1 is 1.22 bits per heavy atom. The van der Waals surface area contributed by atoms with Gasteiger partial charge in [0.15, 0.2) is 0 Å². The van der Waals surface area contributed by atoms with Crippen LogP contribution in [-0.2, 0) is 0 Å². The van der Waals surface area contributed by atoms with Crippen molar-refractivity contribution in [1.82, 2.24) is 14.7 Å². The number of nitrogens with zero attached hydrogens (tertiary/aromatic N) is 2. The van der Waals surface area contributed by atoms with E-state index >= 15 is 0 Å². The molecule has 118 valence electrons. The molecule has 0 saturated heterocycles. The number of pyridine rings is 1. The van der Waals surface area contributed by atoms with E-state index in [1.807, 2.05) is 54.8 Å². The Kier molecular flexibility index (Phi) is 4.02. The van der Waals surface area contributed by atoms with Gasteiger partial charge in [-0.05, 0) is 38.1 Å². The van der Waals surface area contributed by atoms with Crippen molar-refractivity contribution in [2.24, 2.45) is 0 Å². The van der Waals surface area contributed by atoms with Crippen LogP contribution in [0.3, 0.4) is 0 Å².